The molecule has 0 unspecified atom stereocenters. The predicted molar refractivity (Wildman–Crippen MR) is 78.6 cm³/mol. The third-order valence-corrected chi connectivity index (χ3v) is 3.11. The van der Waals surface area contributed by atoms with Gasteiger partial charge in [0.2, 0.25) is 5.91 Å². The van der Waals surface area contributed by atoms with E-state index in [0.717, 1.165) is 24.0 Å². The van der Waals surface area contributed by atoms with Crippen molar-refractivity contribution in [2.24, 2.45) is 0 Å². The summed E-state index contributed by atoms with van der Waals surface area (Å²) in [7, 11) is 1.64. The van der Waals surface area contributed by atoms with Gasteiger partial charge in [-0.2, -0.15) is 0 Å². The fourth-order valence-electron chi connectivity index (χ4n) is 1.91. The summed E-state index contributed by atoms with van der Waals surface area (Å²) >= 11 is 0. The first-order valence-corrected chi connectivity index (χ1v) is 7.05. The Balaban J connectivity index is 1.67. The lowest BCUT2D eigenvalue weighted by atomic mass is 10.1. The highest BCUT2D eigenvalue weighted by Crippen LogP contribution is 2.18. The normalized spacial score (nSPS) is 13.6. The van der Waals surface area contributed by atoms with Gasteiger partial charge in [-0.25, -0.2) is 4.79 Å². The van der Waals surface area contributed by atoms with Crippen LogP contribution in [0, 0.1) is 0 Å². The van der Waals surface area contributed by atoms with E-state index < -0.39 is 0 Å². The Bertz CT molecular complexity index is 501. The zero-order valence-corrected chi connectivity index (χ0v) is 12.1. The van der Waals surface area contributed by atoms with Gasteiger partial charge in [0.25, 0.3) is 0 Å². The summed E-state index contributed by atoms with van der Waals surface area (Å²) in [4.78, 5) is 23.0. The van der Waals surface area contributed by atoms with Gasteiger partial charge in [0, 0.05) is 19.7 Å². The van der Waals surface area contributed by atoms with Gasteiger partial charge in [0.15, 0.2) is 0 Å². The van der Waals surface area contributed by atoms with Gasteiger partial charge in [-0.05, 0) is 24.0 Å². The molecule has 1 aliphatic rings. The number of hydrogen-bond donors (Lipinski definition) is 3. The summed E-state index contributed by atoms with van der Waals surface area (Å²) in [6, 6.07) is 7.76. The van der Waals surface area contributed by atoms with Crippen LogP contribution in [0.15, 0.2) is 24.3 Å². The molecule has 3 amide bonds. The average molecular weight is 291 g/mol. The lowest BCUT2D eigenvalue weighted by molar-refractivity contribution is -0.120. The largest absolute Gasteiger partial charge is 0.380 e. The van der Waals surface area contributed by atoms with Gasteiger partial charge in [-0.15, -0.1) is 0 Å². The van der Waals surface area contributed by atoms with E-state index in [9.17, 15) is 9.59 Å². The number of methoxy groups -OCH3 is 1. The van der Waals surface area contributed by atoms with E-state index in [4.69, 9.17) is 4.74 Å². The maximum atomic E-state index is 11.6. The minimum atomic E-state index is -0.349. The molecular weight excluding hydrogens is 270 g/mol. The van der Waals surface area contributed by atoms with E-state index in [1.54, 1.807) is 7.11 Å². The van der Waals surface area contributed by atoms with Crippen LogP contribution in [0.4, 0.5) is 4.79 Å². The van der Waals surface area contributed by atoms with Gasteiger partial charge >= 0.3 is 6.03 Å². The van der Waals surface area contributed by atoms with Crippen LogP contribution in [0.2, 0.25) is 0 Å². The highest BCUT2D eigenvalue weighted by Gasteiger charge is 2.23. The van der Waals surface area contributed by atoms with Crippen LogP contribution < -0.4 is 16.0 Å². The summed E-state index contributed by atoms with van der Waals surface area (Å²) in [6.45, 7) is 0.959. The lowest BCUT2D eigenvalue weighted by Crippen LogP contribution is -2.42. The molecule has 1 fully saturated rings. The van der Waals surface area contributed by atoms with E-state index in [0.29, 0.717) is 19.2 Å². The van der Waals surface area contributed by atoms with Crippen molar-refractivity contribution in [2.45, 2.75) is 32.0 Å². The Kier molecular flexibility index (Phi) is 5.57. The molecule has 0 bridgehead atoms. The molecule has 0 aromatic heterocycles. The summed E-state index contributed by atoms with van der Waals surface area (Å²) in [6.07, 6.45) is 2.07. The summed E-state index contributed by atoms with van der Waals surface area (Å²) < 4.78 is 5.07. The van der Waals surface area contributed by atoms with Crippen LogP contribution in [0.1, 0.15) is 24.0 Å². The third-order valence-electron chi connectivity index (χ3n) is 3.11. The average Bonchev–Trinajstić information content (AvgIpc) is 3.28. The molecule has 1 aromatic rings. The quantitative estimate of drug-likeness (QED) is 0.698. The van der Waals surface area contributed by atoms with Crippen molar-refractivity contribution in [3.8, 4) is 0 Å². The van der Waals surface area contributed by atoms with Gasteiger partial charge in [-0.3, -0.25) is 4.79 Å². The minimum Gasteiger partial charge on any atom is -0.380 e. The Hall–Kier alpha value is -2.08. The van der Waals surface area contributed by atoms with Crippen molar-refractivity contribution in [1.82, 2.24) is 16.0 Å². The van der Waals surface area contributed by atoms with Crippen molar-refractivity contribution in [3.05, 3.63) is 35.4 Å². The second-order valence-electron chi connectivity index (χ2n) is 5.13. The van der Waals surface area contributed by atoms with Gasteiger partial charge in [0.05, 0.1) is 13.2 Å². The van der Waals surface area contributed by atoms with Crippen LogP contribution in [0.5, 0.6) is 0 Å². The SMILES string of the molecule is COCc1cccc(CNC(=O)NCC(=O)NC2CC2)c1. The van der Waals surface area contributed by atoms with Crippen molar-refractivity contribution < 1.29 is 14.3 Å². The predicted octanol–water partition coefficient (Wildman–Crippen LogP) is 0.911. The molecule has 0 radical (unpaired) electrons. The highest BCUT2D eigenvalue weighted by atomic mass is 16.5. The van der Waals surface area contributed by atoms with Crippen LogP contribution in [-0.2, 0) is 22.7 Å². The van der Waals surface area contributed by atoms with Crippen LogP contribution in [-0.4, -0.2) is 31.6 Å². The molecule has 1 aromatic carbocycles. The maximum absolute atomic E-state index is 11.6. The molecule has 0 atom stereocenters. The molecule has 6 heteroatoms. The summed E-state index contributed by atoms with van der Waals surface area (Å²) in [5, 5.41) is 8.07. The van der Waals surface area contributed by atoms with E-state index in [2.05, 4.69) is 16.0 Å². The molecule has 0 spiro atoms. The first-order valence-electron chi connectivity index (χ1n) is 7.05. The number of amides is 3. The van der Waals surface area contributed by atoms with E-state index in [1.165, 1.54) is 0 Å². The van der Waals surface area contributed by atoms with Crippen molar-refractivity contribution >= 4 is 11.9 Å². The molecule has 0 saturated heterocycles. The van der Waals surface area contributed by atoms with Gasteiger partial charge in [-0.1, -0.05) is 24.3 Å². The number of carbonyl (C=O) groups is 2. The first kappa shape index (κ1) is 15.3. The third kappa shape index (κ3) is 5.83. The monoisotopic (exact) mass is 291 g/mol. The summed E-state index contributed by atoms with van der Waals surface area (Å²) in [5.41, 5.74) is 2.04. The Morgan fingerprint density at radius 2 is 2.00 bits per heavy atom. The van der Waals surface area contributed by atoms with Crippen LogP contribution >= 0.6 is 0 Å². The smallest absolute Gasteiger partial charge is 0.315 e. The molecule has 6 nitrogen and oxygen atoms in total. The molecule has 2 rings (SSSR count). The zero-order valence-electron chi connectivity index (χ0n) is 12.1. The highest BCUT2D eigenvalue weighted by molar-refractivity contribution is 5.84. The van der Waals surface area contributed by atoms with Gasteiger partial charge in [0.1, 0.15) is 0 Å². The van der Waals surface area contributed by atoms with Crippen LogP contribution in [0.25, 0.3) is 0 Å². The number of carbonyl (C=O) groups excluding carboxylic acids is 2. The molecule has 1 saturated carbocycles. The summed E-state index contributed by atoms with van der Waals surface area (Å²) in [5.74, 6) is -0.144. The number of urea groups is 1. The Labute approximate surface area is 124 Å². The molecule has 114 valence electrons. The Morgan fingerprint density at radius 3 is 2.71 bits per heavy atom. The van der Waals surface area contributed by atoms with E-state index >= 15 is 0 Å². The molecule has 1 aliphatic carbocycles. The number of ether oxygens (including phenoxy) is 1. The standard InChI is InChI=1S/C15H21N3O3/c1-21-10-12-4-2-3-11(7-12)8-16-15(20)17-9-14(19)18-13-5-6-13/h2-4,7,13H,5-6,8-10H2,1H3,(H,18,19)(H2,16,17,20). The molecule has 3 N–H and O–H groups in total. The molecule has 0 aliphatic heterocycles. The fourth-order valence-corrected chi connectivity index (χ4v) is 1.91. The van der Waals surface area contributed by atoms with Crippen molar-refractivity contribution in [3.63, 3.8) is 0 Å². The van der Waals surface area contributed by atoms with E-state index in [-0.39, 0.29) is 18.5 Å². The zero-order chi connectivity index (χ0) is 15.1. The number of rotatable bonds is 7. The van der Waals surface area contributed by atoms with Gasteiger partial charge < -0.3 is 20.7 Å². The van der Waals surface area contributed by atoms with E-state index in [1.807, 2.05) is 24.3 Å². The Morgan fingerprint density at radius 1 is 1.24 bits per heavy atom. The number of benzene rings is 1. The first-order chi connectivity index (χ1) is 10.2. The lowest BCUT2D eigenvalue weighted by Gasteiger charge is -2.09. The molecule has 21 heavy (non-hydrogen) atoms. The fraction of sp³-hybridized carbons (Fsp3) is 0.467. The molecular formula is C15H21N3O3. The van der Waals surface area contributed by atoms with Crippen LogP contribution in [0.3, 0.4) is 0 Å². The minimum absolute atomic E-state index is 0.00600. The number of hydrogen-bond acceptors (Lipinski definition) is 3. The maximum Gasteiger partial charge on any atom is 0.315 e. The second-order valence-corrected chi connectivity index (χ2v) is 5.13. The molecule has 0 heterocycles. The van der Waals surface area contributed by atoms with Crippen molar-refractivity contribution in [1.29, 1.82) is 0 Å². The number of nitrogens with one attached hydrogen (secondary N) is 3. The second kappa shape index (κ2) is 7.64. The van der Waals surface area contributed by atoms with Crippen molar-refractivity contribution in [2.75, 3.05) is 13.7 Å². The topological polar surface area (TPSA) is 79.5 Å².